The number of hydrogen-bond donors (Lipinski definition) is 3. The van der Waals surface area contributed by atoms with Crippen LogP contribution in [-0.2, 0) is 0 Å². The standard InChI is InChI=1S/C26H27ClFN5O3/c1-5-26(4,36)22(15-6-9-17(28)10-7-15)30-24(34)18-13-33-21(20(18)14(2)3)25(35)31-23(32-33)19-11-8-16(27)12-29-19/h6-14,22,36H,5H2,1-4H3,(H,30,34)(H,31,32,35)/t22-,26?/m0/s1. The lowest BCUT2D eigenvalue weighted by Crippen LogP contribution is -2.44. The van der Waals surface area contributed by atoms with Gasteiger partial charge in [-0.05, 0) is 49.1 Å². The smallest absolute Gasteiger partial charge is 0.275 e. The fourth-order valence-electron chi connectivity index (χ4n) is 4.17. The maximum atomic E-state index is 13.6. The number of fused-ring (bicyclic) bond motifs is 1. The predicted octanol–water partition coefficient (Wildman–Crippen LogP) is 4.63. The molecule has 0 spiro atoms. The van der Waals surface area contributed by atoms with Crippen LogP contribution in [-0.4, -0.2) is 36.2 Å². The SMILES string of the molecule is CCC(C)(O)[C@@H](NC(=O)c1cn2nc(-c3ccc(Cl)cn3)[nH]c(=O)c2c1C(C)C)c1ccc(F)cc1. The highest BCUT2D eigenvalue weighted by molar-refractivity contribution is 6.30. The van der Waals surface area contributed by atoms with E-state index in [9.17, 15) is 19.1 Å². The normalized spacial score (nSPS) is 14.1. The zero-order chi connectivity index (χ0) is 26.2. The summed E-state index contributed by atoms with van der Waals surface area (Å²) in [6.07, 6.45) is 3.28. The lowest BCUT2D eigenvalue weighted by molar-refractivity contribution is 0.0144. The van der Waals surface area contributed by atoms with Crippen LogP contribution >= 0.6 is 11.6 Å². The third kappa shape index (κ3) is 4.89. The maximum absolute atomic E-state index is 13.6. The molecular formula is C26H27ClFN5O3. The molecule has 0 bridgehead atoms. The van der Waals surface area contributed by atoms with Crippen LogP contribution in [0, 0.1) is 5.82 Å². The van der Waals surface area contributed by atoms with E-state index in [0.717, 1.165) is 0 Å². The number of amides is 1. The molecule has 4 aromatic rings. The summed E-state index contributed by atoms with van der Waals surface area (Å²) in [6.45, 7) is 7.16. The van der Waals surface area contributed by atoms with Crippen LogP contribution in [0.25, 0.3) is 17.0 Å². The summed E-state index contributed by atoms with van der Waals surface area (Å²) in [6, 6.07) is 8.07. The summed E-state index contributed by atoms with van der Waals surface area (Å²) >= 11 is 5.91. The second kappa shape index (κ2) is 9.83. The second-order valence-electron chi connectivity index (χ2n) is 9.24. The molecule has 1 aromatic carbocycles. The van der Waals surface area contributed by atoms with Gasteiger partial charge in [0.2, 0.25) is 0 Å². The molecule has 3 N–H and O–H groups in total. The quantitative estimate of drug-likeness (QED) is 0.335. The van der Waals surface area contributed by atoms with E-state index in [2.05, 4.69) is 20.4 Å². The van der Waals surface area contributed by atoms with Crippen molar-refractivity contribution in [1.82, 2.24) is 24.9 Å². The number of pyridine rings is 1. The van der Waals surface area contributed by atoms with E-state index in [1.54, 1.807) is 26.0 Å². The van der Waals surface area contributed by atoms with Gasteiger partial charge in [-0.25, -0.2) is 8.91 Å². The number of aromatic amines is 1. The minimum Gasteiger partial charge on any atom is -0.388 e. The number of carbonyl (C=O) groups is 1. The molecule has 0 aliphatic rings. The van der Waals surface area contributed by atoms with Gasteiger partial charge in [-0.2, -0.15) is 0 Å². The summed E-state index contributed by atoms with van der Waals surface area (Å²) in [5.74, 6) is -0.872. The van der Waals surface area contributed by atoms with Gasteiger partial charge in [0.05, 0.1) is 22.2 Å². The second-order valence-corrected chi connectivity index (χ2v) is 9.67. The lowest BCUT2D eigenvalue weighted by Gasteiger charge is -2.33. The maximum Gasteiger partial charge on any atom is 0.275 e. The van der Waals surface area contributed by atoms with E-state index in [1.807, 2.05) is 13.8 Å². The van der Waals surface area contributed by atoms with Crippen LogP contribution in [0.3, 0.4) is 0 Å². The summed E-state index contributed by atoms with van der Waals surface area (Å²) in [7, 11) is 0. The van der Waals surface area contributed by atoms with E-state index in [4.69, 9.17) is 11.6 Å². The summed E-state index contributed by atoms with van der Waals surface area (Å²) in [5.41, 5.74) is 0.254. The van der Waals surface area contributed by atoms with Crippen LogP contribution in [0.5, 0.6) is 0 Å². The van der Waals surface area contributed by atoms with Crippen LogP contribution in [0.15, 0.2) is 53.6 Å². The van der Waals surface area contributed by atoms with Gasteiger partial charge >= 0.3 is 0 Å². The highest BCUT2D eigenvalue weighted by Crippen LogP contribution is 2.31. The molecule has 4 rings (SSSR count). The summed E-state index contributed by atoms with van der Waals surface area (Å²) in [4.78, 5) is 33.6. The zero-order valence-electron chi connectivity index (χ0n) is 20.3. The van der Waals surface area contributed by atoms with Crippen molar-refractivity contribution in [2.24, 2.45) is 0 Å². The van der Waals surface area contributed by atoms with Crippen LogP contribution < -0.4 is 10.9 Å². The number of carbonyl (C=O) groups excluding carboxylic acids is 1. The average molecular weight is 512 g/mol. The first-order chi connectivity index (χ1) is 17.0. The van der Waals surface area contributed by atoms with Gasteiger partial charge in [-0.3, -0.25) is 14.6 Å². The van der Waals surface area contributed by atoms with E-state index < -0.39 is 28.9 Å². The number of nitrogens with zero attached hydrogens (tertiary/aromatic N) is 3. The Bertz CT molecular complexity index is 1460. The minimum atomic E-state index is -1.31. The van der Waals surface area contributed by atoms with Crippen LogP contribution in [0.1, 0.15) is 67.6 Å². The van der Waals surface area contributed by atoms with Crippen molar-refractivity contribution in [1.29, 1.82) is 0 Å². The van der Waals surface area contributed by atoms with Gasteiger partial charge in [0, 0.05) is 18.0 Å². The molecule has 3 heterocycles. The third-order valence-electron chi connectivity index (χ3n) is 6.29. The third-order valence-corrected chi connectivity index (χ3v) is 6.51. The first kappa shape index (κ1) is 25.5. The Morgan fingerprint density at radius 2 is 1.94 bits per heavy atom. The van der Waals surface area contributed by atoms with Gasteiger partial charge in [0.15, 0.2) is 5.82 Å². The van der Waals surface area contributed by atoms with Crippen molar-refractivity contribution in [3.8, 4) is 11.5 Å². The fraction of sp³-hybridized carbons (Fsp3) is 0.308. The van der Waals surface area contributed by atoms with Gasteiger partial charge in [-0.15, -0.1) is 5.10 Å². The number of nitrogens with one attached hydrogen (secondary N) is 2. The molecule has 0 fully saturated rings. The molecule has 188 valence electrons. The Kier molecular flexibility index (Phi) is 6.97. The van der Waals surface area contributed by atoms with E-state index >= 15 is 0 Å². The van der Waals surface area contributed by atoms with E-state index in [1.165, 1.54) is 41.2 Å². The Hall–Kier alpha value is -3.56. The Balaban J connectivity index is 1.80. The topological polar surface area (TPSA) is 112 Å². The summed E-state index contributed by atoms with van der Waals surface area (Å²) in [5, 5.41) is 18.9. The molecule has 0 saturated heterocycles. The molecule has 0 radical (unpaired) electrons. The van der Waals surface area contributed by atoms with Crippen molar-refractivity contribution in [2.75, 3.05) is 0 Å². The molecule has 36 heavy (non-hydrogen) atoms. The molecule has 1 amide bonds. The number of rotatable bonds is 7. The molecule has 2 atom stereocenters. The largest absolute Gasteiger partial charge is 0.388 e. The molecule has 1 unspecified atom stereocenters. The average Bonchev–Trinajstić information content (AvgIpc) is 3.24. The first-order valence-corrected chi connectivity index (χ1v) is 12.0. The molecule has 0 aliphatic heterocycles. The van der Waals surface area contributed by atoms with Gasteiger partial charge < -0.3 is 15.4 Å². The molecule has 3 aromatic heterocycles. The molecule has 10 heteroatoms. The Morgan fingerprint density at radius 3 is 2.53 bits per heavy atom. The molecule has 8 nitrogen and oxygen atoms in total. The van der Waals surface area contributed by atoms with Gasteiger partial charge in [0.25, 0.3) is 11.5 Å². The van der Waals surface area contributed by atoms with Crippen LogP contribution in [0.2, 0.25) is 5.02 Å². The zero-order valence-corrected chi connectivity index (χ0v) is 21.1. The van der Waals surface area contributed by atoms with Crippen molar-refractivity contribution in [2.45, 2.75) is 51.7 Å². The fourth-order valence-corrected chi connectivity index (χ4v) is 4.29. The van der Waals surface area contributed by atoms with Gasteiger partial charge in [0.1, 0.15) is 17.0 Å². The van der Waals surface area contributed by atoms with E-state index in [0.29, 0.717) is 28.3 Å². The first-order valence-electron chi connectivity index (χ1n) is 11.6. The number of benzene rings is 1. The van der Waals surface area contributed by atoms with Crippen molar-refractivity contribution in [3.05, 3.63) is 86.7 Å². The van der Waals surface area contributed by atoms with Crippen molar-refractivity contribution >= 4 is 23.0 Å². The molecule has 0 saturated carbocycles. The van der Waals surface area contributed by atoms with Crippen molar-refractivity contribution in [3.63, 3.8) is 0 Å². The van der Waals surface area contributed by atoms with Gasteiger partial charge in [-0.1, -0.05) is 44.5 Å². The number of hydrogen-bond acceptors (Lipinski definition) is 5. The lowest BCUT2D eigenvalue weighted by atomic mass is 9.87. The Labute approximate surface area is 212 Å². The van der Waals surface area contributed by atoms with Crippen LogP contribution in [0.4, 0.5) is 4.39 Å². The molecular weight excluding hydrogens is 485 g/mol. The van der Waals surface area contributed by atoms with Crippen molar-refractivity contribution < 1.29 is 14.3 Å². The molecule has 0 aliphatic carbocycles. The number of H-pyrrole nitrogens is 1. The minimum absolute atomic E-state index is 0.186. The predicted molar refractivity (Wildman–Crippen MR) is 136 cm³/mol. The number of halogens is 2. The number of aromatic nitrogens is 4. The number of aliphatic hydroxyl groups is 1. The highest BCUT2D eigenvalue weighted by atomic mass is 35.5. The van der Waals surface area contributed by atoms with E-state index in [-0.39, 0.29) is 22.8 Å². The highest BCUT2D eigenvalue weighted by Gasteiger charge is 2.34. The monoisotopic (exact) mass is 511 g/mol. The summed E-state index contributed by atoms with van der Waals surface area (Å²) < 4.78 is 14.9. The Morgan fingerprint density at radius 1 is 1.25 bits per heavy atom.